The van der Waals surface area contributed by atoms with Crippen molar-refractivity contribution in [3.8, 4) is 0 Å². The fourth-order valence-corrected chi connectivity index (χ4v) is 7.99. The first kappa shape index (κ1) is 34.4. The van der Waals surface area contributed by atoms with Crippen LogP contribution >= 0.6 is 0 Å². The van der Waals surface area contributed by atoms with E-state index in [2.05, 4.69) is 154 Å². The summed E-state index contributed by atoms with van der Waals surface area (Å²) in [6, 6.07) is 0. The van der Waals surface area contributed by atoms with E-state index in [9.17, 15) is 10.2 Å². The van der Waals surface area contributed by atoms with Crippen LogP contribution in [0.3, 0.4) is 0 Å². The van der Waals surface area contributed by atoms with Crippen LogP contribution in [0.4, 0.5) is 0 Å². The van der Waals surface area contributed by atoms with Gasteiger partial charge in [0, 0.05) is 23.7 Å². The molecule has 44 heavy (non-hydrogen) atoms. The molecule has 2 saturated carbocycles. The molecule has 2 aliphatic heterocycles. The van der Waals surface area contributed by atoms with Crippen LogP contribution in [0.2, 0.25) is 0 Å². The van der Waals surface area contributed by atoms with Crippen LogP contribution in [0.5, 0.6) is 0 Å². The third kappa shape index (κ3) is 6.84. The molecule has 2 aliphatic carbocycles. The maximum atomic E-state index is 10.3. The predicted molar refractivity (Wildman–Crippen MR) is 183 cm³/mol. The molecule has 0 amide bonds. The van der Waals surface area contributed by atoms with Crippen LogP contribution in [0.15, 0.2) is 107 Å². The summed E-state index contributed by atoms with van der Waals surface area (Å²) in [7, 11) is 0. The second-order valence-electron chi connectivity index (χ2n) is 15.4. The minimum absolute atomic E-state index is 0.0969. The van der Waals surface area contributed by atoms with Crippen molar-refractivity contribution in [3.05, 3.63) is 107 Å². The number of aliphatic hydroxyl groups excluding tert-OH is 2. The van der Waals surface area contributed by atoms with Crippen molar-refractivity contribution in [3.63, 3.8) is 0 Å². The predicted octanol–water partition coefficient (Wildman–Crippen LogP) is 8.97. The molecular weight excluding hydrogens is 544 g/mol. The Hall–Kier alpha value is -2.50. The zero-order valence-electron chi connectivity index (χ0n) is 28.8. The first-order valence-electron chi connectivity index (χ1n) is 16.3. The van der Waals surface area contributed by atoms with E-state index in [0.29, 0.717) is 12.8 Å². The van der Waals surface area contributed by atoms with Gasteiger partial charge in [-0.3, -0.25) is 0 Å². The lowest BCUT2D eigenvalue weighted by molar-refractivity contribution is 0.0510. The molecule has 0 aromatic rings. The van der Waals surface area contributed by atoms with Crippen molar-refractivity contribution in [1.82, 2.24) is 0 Å². The van der Waals surface area contributed by atoms with E-state index >= 15 is 0 Å². The molecule has 2 heterocycles. The van der Waals surface area contributed by atoms with E-state index in [1.807, 2.05) is 0 Å². The van der Waals surface area contributed by atoms with Gasteiger partial charge in [-0.25, -0.2) is 0 Å². The van der Waals surface area contributed by atoms with Gasteiger partial charge in [-0.1, -0.05) is 123 Å². The smallest absolute Gasteiger partial charge is 0.121 e. The molecule has 4 rings (SSSR count). The summed E-state index contributed by atoms with van der Waals surface area (Å²) in [5.74, 6) is 0. The lowest BCUT2D eigenvalue weighted by Crippen LogP contribution is -2.46. The SMILES string of the molecule is CC(=C/C=C/C=C(C)\C=C\C=C(C)/C=C/[C@@]12O[C@]1(C)C[C@@H](O)CC2(C)C)/C=C/C=C(C)\C=C\[C@@]12O[C@]1(C)C[C@@H](O)CC2(C)C. The summed E-state index contributed by atoms with van der Waals surface area (Å²) in [5.41, 5.74) is 3.36. The maximum Gasteiger partial charge on any atom is 0.121 e. The van der Waals surface area contributed by atoms with Crippen LogP contribution in [-0.2, 0) is 9.47 Å². The van der Waals surface area contributed by atoms with Crippen molar-refractivity contribution >= 4 is 0 Å². The highest BCUT2D eigenvalue weighted by molar-refractivity contribution is 5.38. The van der Waals surface area contributed by atoms with Gasteiger partial charge in [0.15, 0.2) is 0 Å². The molecule has 0 aromatic carbocycles. The third-order valence-electron chi connectivity index (χ3n) is 10.4. The Labute approximate surface area is 267 Å². The second-order valence-corrected chi connectivity index (χ2v) is 15.4. The number of rotatable bonds is 10. The Balaban J connectivity index is 1.25. The van der Waals surface area contributed by atoms with Gasteiger partial charge in [0.1, 0.15) is 22.4 Å². The van der Waals surface area contributed by atoms with Crippen molar-refractivity contribution in [2.24, 2.45) is 10.8 Å². The van der Waals surface area contributed by atoms with Gasteiger partial charge < -0.3 is 19.7 Å². The van der Waals surface area contributed by atoms with Gasteiger partial charge in [-0.05, 0) is 66.5 Å². The van der Waals surface area contributed by atoms with Gasteiger partial charge in [0.25, 0.3) is 0 Å². The molecule has 0 radical (unpaired) electrons. The van der Waals surface area contributed by atoms with Crippen LogP contribution in [0.25, 0.3) is 0 Å². The first-order valence-corrected chi connectivity index (χ1v) is 16.3. The zero-order valence-corrected chi connectivity index (χ0v) is 28.8. The number of hydrogen-bond acceptors (Lipinski definition) is 4. The van der Waals surface area contributed by atoms with Gasteiger partial charge in [-0.15, -0.1) is 0 Å². The number of aliphatic hydroxyl groups is 2. The minimum atomic E-state index is -0.294. The quantitative estimate of drug-likeness (QED) is 0.194. The van der Waals surface area contributed by atoms with E-state index in [1.165, 1.54) is 22.3 Å². The fourth-order valence-electron chi connectivity index (χ4n) is 7.99. The number of ether oxygens (including phenoxy) is 2. The Morgan fingerprint density at radius 2 is 0.818 bits per heavy atom. The molecule has 0 aromatic heterocycles. The number of hydrogen-bond donors (Lipinski definition) is 2. The van der Waals surface area contributed by atoms with E-state index in [0.717, 1.165) is 12.8 Å². The highest BCUT2D eigenvalue weighted by atomic mass is 16.6. The largest absolute Gasteiger partial charge is 0.393 e. The van der Waals surface area contributed by atoms with Gasteiger partial charge in [-0.2, -0.15) is 0 Å². The Kier molecular flexibility index (Phi) is 9.66. The molecule has 0 spiro atoms. The Morgan fingerprint density at radius 3 is 1.16 bits per heavy atom. The first-order chi connectivity index (χ1) is 20.4. The summed E-state index contributed by atoms with van der Waals surface area (Å²) in [6.45, 7) is 21.4. The van der Waals surface area contributed by atoms with E-state index in [1.54, 1.807) is 0 Å². The summed E-state index contributed by atoms with van der Waals surface area (Å²) in [6.07, 6.45) is 32.0. The molecule has 6 atom stereocenters. The standard InChI is InChI=1S/C40H56O4/c1-29(17-13-19-31(3)21-23-39-35(5,6)25-33(41)27-37(39,9)43-39)15-11-12-16-30(2)18-14-20-32(4)22-24-40-36(7,8)26-34(42)28-38(40,10)44-40/h11-24,33-34,41-42H,25-28H2,1-10H3/b12-11+,17-13+,18-14+,23-21+,24-22+,29-15-,30-16-,31-19-,32-20-/t33-,34-,37+,38+,39-,40-/m0/s1. The summed E-state index contributed by atoms with van der Waals surface area (Å²) >= 11 is 0. The number of allylic oxidation sites excluding steroid dienone is 16. The summed E-state index contributed by atoms with van der Waals surface area (Å²) < 4.78 is 12.5. The lowest BCUT2D eigenvalue weighted by atomic mass is 9.63. The number of fused-ring (bicyclic) bond motifs is 2. The van der Waals surface area contributed by atoms with E-state index in [-0.39, 0.29) is 45.4 Å². The van der Waals surface area contributed by atoms with Gasteiger partial charge in [0.05, 0.1) is 12.2 Å². The average molecular weight is 601 g/mol. The Morgan fingerprint density at radius 1 is 0.500 bits per heavy atom. The molecule has 4 nitrogen and oxygen atoms in total. The van der Waals surface area contributed by atoms with Crippen molar-refractivity contribution in [2.45, 2.75) is 130 Å². The molecule has 0 bridgehead atoms. The highest BCUT2D eigenvalue weighted by Gasteiger charge is 2.75. The van der Waals surface area contributed by atoms with Gasteiger partial charge in [0.2, 0.25) is 0 Å². The second kappa shape index (κ2) is 12.4. The molecule has 0 unspecified atom stereocenters. The molecule has 4 fully saturated rings. The van der Waals surface area contributed by atoms with Crippen LogP contribution in [0.1, 0.15) is 94.9 Å². The average Bonchev–Trinajstić information content (AvgIpc) is 3.73. The van der Waals surface area contributed by atoms with Crippen molar-refractivity contribution in [2.75, 3.05) is 0 Å². The van der Waals surface area contributed by atoms with Crippen molar-refractivity contribution < 1.29 is 19.7 Å². The normalized spacial score (nSPS) is 39.2. The molecule has 4 heteroatoms. The highest BCUT2D eigenvalue weighted by Crippen LogP contribution is 2.67. The summed E-state index contributed by atoms with van der Waals surface area (Å²) in [4.78, 5) is 0. The lowest BCUT2D eigenvalue weighted by Gasteiger charge is -2.39. The van der Waals surface area contributed by atoms with E-state index < -0.39 is 0 Å². The molecule has 240 valence electrons. The van der Waals surface area contributed by atoms with Crippen molar-refractivity contribution in [1.29, 1.82) is 0 Å². The third-order valence-corrected chi connectivity index (χ3v) is 10.4. The topological polar surface area (TPSA) is 65.5 Å². The molecular formula is C40H56O4. The molecule has 4 aliphatic rings. The minimum Gasteiger partial charge on any atom is -0.393 e. The number of epoxide rings is 2. The molecule has 2 N–H and O–H groups in total. The van der Waals surface area contributed by atoms with Crippen LogP contribution in [-0.4, -0.2) is 44.8 Å². The van der Waals surface area contributed by atoms with Crippen LogP contribution < -0.4 is 0 Å². The zero-order chi connectivity index (χ0) is 32.6. The molecule has 2 saturated heterocycles. The summed E-state index contributed by atoms with van der Waals surface area (Å²) in [5, 5.41) is 20.5. The Bertz CT molecular complexity index is 1270. The van der Waals surface area contributed by atoms with E-state index in [4.69, 9.17) is 9.47 Å². The maximum absolute atomic E-state index is 10.3. The van der Waals surface area contributed by atoms with Gasteiger partial charge >= 0.3 is 0 Å². The van der Waals surface area contributed by atoms with Crippen LogP contribution in [0, 0.1) is 10.8 Å². The monoisotopic (exact) mass is 600 g/mol. The fraction of sp³-hybridized carbons (Fsp3) is 0.550.